The van der Waals surface area contributed by atoms with Gasteiger partial charge in [-0.1, -0.05) is 17.8 Å². The van der Waals surface area contributed by atoms with Crippen LogP contribution in [-0.2, 0) is 27.7 Å². The Bertz CT molecular complexity index is 1050. The van der Waals surface area contributed by atoms with Crippen LogP contribution in [0, 0.1) is 0 Å². The number of amides is 1. The molecule has 0 unspecified atom stereocenters. The quantitative estimate of drug-likeness (QED) is 0.668. The fourth-order valence-electron chi connectivity index (χ4n) is 3.89. The Morgan fingerprint density at radius 3 is 2.55 bits per heavy atom. The third kappa shape index (κ3) is 5.11. The lowest BCUT2D eigenvalue weighted by Gasteiger charge is -2.31. The van der Waals surface area contributed by atoms with Gasteiger partial charge < -0.3 is 10.2 Å². The zero-order valence-corrected chi connectivity index (χ0v) is 19.5. The van der Waals surface area contributed by atoms with E-state index in [9.17, 15) is 13.2 Å². The number of aryl methyl sites for hydroxylation is 2. The van der Waals surface area contributed by atoms with Crippen LogP contribution < -0.4 is 5.32 Å². The van der Waals surface area contributed by atoms with Crippen molar-refractivity contribution in [2.24, 2.45) is 0 Å². The molecule has 1 saturated heterocycles. The molecule has 2 heterocycles. The number of rotatable bonds is 6. The van der Waals surface area contributed by atoms with Gasteiger partial charge >= 0.3 is 0 Å². The number of hydrogen-bond donors (Lipinski definition) is 1. The molecule has 1 N–H and O–H groups in total. The molecule has 1 aliphatic heterocycles. The number of thioether (sulfide) groups is 1. The molecule has 31 heavy (non-hydrogen) atoms. The standard InChI is InChI=1S/C22H28N4O3S2/c1-16(22(27)24-19-7-6-17-4-3-5-18(17)14-19)30-21-9-8-20(15-23-21)31(28,29)26-12-10-25(2)11-13-26/h6-9,14-16H,3-5,10-13H2,1-2H3,(H,24,27)/t16-/m1/s1. The lowest BCUT2D eigenvalue weighted by atomic mass is 10.1. The van der Waals surface area contributed by atoms with Gasteiger partial charge in [0.05, 0.1) is 10.3 Å². The summed E-state index contributed by atoms with van der Waals surface area (Å²) in [6.07, 6.45) is 4.74. The first-order valence-electron chi connectivity index (χ1n) is 10.6. The number of anilines is 1. The predicted octanol–water partition coefficient (Wildman–Crippen LogP) is 2.63. The molecule has 1 amide bonds. The van der Waals surface area contributed by atoms with Crippen molar-refractivity contribution in [2.75, 3.05) is 38.5 Å². The molecule has 1 fully saturated rings. The minimum absolute atomic E-state index is 0.0983. The molecule has 1 aliphatic carbocycles. The smallest absolute Gasteiger partial charge is 0.244 e. The Hall–Kier alpha value is -1.94. The predicted molar refractivity (Wildman–Crippen MR) is 123 cm³/mol. The lowest BCUT2D eigenvalue weighted by Crippen LogP contribution is -2.47. The molecule has 1 atom stereocenters. The summed E-state index contributed by atoms with van der Waals surface area (Å²) in [7, 11) is -1.55. The van der Waals surface area contributed by atoms with Gasteiger partial charge in [-0.05, 0) is 68.6 Å². The van der Waals surface area contributed by atoms with Crippen molar-refractivity contribution in [3.8, 4) is 0 Å². The highest BCUT2D eigenvalue weighted by molar-refractivity contribution is 8.00. The Balaban J connectivity index is 1.36. The van der Waals surface area contributed by atoms with Crippen LogP contribution >= 0.6 is 11.8 Å². The number of carbonyl (C=O) groups excluding carboxylic acids is 1. The Kier molecular flexibility index (Phi) is 6.66. The minimum atomic E-state index is -3.54. The third-order valence-corrected chi connectivity index (χ3v) is 8.77. The van der Waals surface area contributed by atoms with Crippen LogP contribution in [0.2, 0.25) is 0 Å². The van der Waals surface area contributed by atoms with Crippen LogP contribution in [-0.4, -0.2) is 67.0 Å². The van der Waals surface area contributed by atoms with Crippen LogP contribution in [0.25, 0.3) is 0 Å². The van der Waals surface area contributed by atoms with E-state index in [-0.39, 0.29) is 16.1 Å². The number of nitrogens with one attached hydrogen (secondary N) is 1. The molecule has 1 aromatic carbocycles. The number of benzene rings is 1. The van der Waals surface area contributed by atoms with Gasteiger partial charge in [0.15, 0.2) is 0 Å². The second kappa shape index (κ2) is 9.28. The number of fused-ring (bicyclic) bond motifs is 1. The van der Waals surface area contributed by atoms with Crippen molar-refractivity contribution < 1.29 is 13.2 Å². The summed E-state index contributed by atoms with van der Waals surface area (Å²) in [4.78, 5) is 19.2. The van der Waals surface area contributed by atoms with Crippen LogP contribution in [0.3, 0.4) is 0 Å². The number of likely N-dealkylation sites (N-methyl/N-ethyl adjacent to an activating group) is 1. The van der Waals surface area contributed by atoms with Gasteiger partial charge in [0.25, 0.3) is 0 Å². The maximum absolute atomic E-state index is 12.8. The second-order valence-electron chi connectivity index (χ2n) is 8.13. The van der Waals surface area contributed by atoms with E-state index < -0.39 is 10.0 Å². The van der Waals surface area contributed by atoms with E-state index in [1.54, 1.807) is 12.1 Å². The summed E-state index contributed by atoms with van der Waals surface area (Å²) < 4.78 is 27.1. The van der Waals surface area contributed by atoms with Gasteiger partial charge in [0.2, 0.25) is 15.9 Å². The van der Waals surface area contributed by atoms with Gasteiger partial charge in [-0.2, -0.15) is 4.31 Å². The zero-order chi connectivity index (χ0) is 22.0. The van der Waals surface area contributed by atoms with Gasteiger partial charge in [0.1, 0.15) is 4.90 Å². The normalized spacial score (nSPS) is 18.5. The molecule has 0 spiro atoms. The van der Waals surface area contributed by atoms with E-state index >= 15 is 0 Å². The molecule has 2 aromatic rings. The van der Waals surface area contributed by atoms with Gasteiger partial charge in [-0.3, -0.25) is 4.79 Å². The average Bonchev–Trinajstić information content (AvgIpc) is 3.22. The number of nitrogens with zero attached hydrogens (tertiary/aromatic N) is 3. The van der Waals surface area contributed by atoms with E-state index in [0.717, 1.165) is 31.6 Å². The molecule has 0 saturated carbocycles. The lowest BCUT2D eigenvalue weighted by molar-refractivity contribution is -0.115. The Morgan fingerprint density at radius 1 is 1.10 bits per heavy atom. The maximum atomic E-state index is 12.8. The topological polar surface area (TPSA) is 82.6 Å². The maximum Gasteiger partial charge on any atom is 0.244 e. The summed E-state index contributed by atoms with van der Waals surface area (Å²) >= 11 is 1.31. The summed E-state index contributed by atoms with van der Waals surface area (Å²) in [6.45, 7) is 4.23. The molecule has 0 bridgehead atoms. The van der Waals surface area contributed by atoms with Crippen molar-refractivity contribution in [2.45, 2.75) is 41.4 Å². The summed E-state index contributed by atoms with van der Waals surface area (Å²) in [5.41, 5.74) is 3.51. The van der Waals surface area contributed by atoms with Gasteiger partial charge in [-0.25, -0.2) is 13.4 Å². The highest BCUT2D eigenvalue weighted by atomic mass is 32.2. The molecule has 0 radical (unpaired) electrons. The van der Waals surface area contributed by atoms with Crippen molar-refractivity contribution in [3.05, 3.63) is 47.7 Å². The third-order valence-electron chi connectivity index (χ3n) is 5.84. The molecule has 7 nitrogen and oxygen atoms in total. The van der Waals surface area contributed by atoms with Crippen molar-refractivity contribution >= 4 is 33.4 Å². The fraction of sp³-hybridized carbons (Fsp3) is 0.455. The van der Waals surface area contributed by atoms with E-state index in [1.165, 1.54) is 39.8 Å². The summed E-state index contributed by atoms with van der Waals surface area (Å²) in [5, 5.41) is 3.24. The van der Waals surface area contributed by atoms with Crippen LogP contribution in [0.1, 0.15) is 24.5 Å². The molecule has 1 aromatic heterocycles. The number of sulfonamides is 1. The highest BCUT2D eigenvalue weighted by Crippen LogP contribution is 2.27. The highest BCUT2D eigenvalue weighted by Gasteiger charge is 2.28. The van der Waals surface area contributed by atoms with Gasteiger partial charge in [0, 0.05) is 38.1 Å². The SMILES string of the molecule is C[C@@H](Sc1ccc(S(=O)(=O)N2CCN(C)CC2)cn1)C(=O)Nc1ccc2c(c1)CCC2. The summed E-state index contributed by atoms with van der Waals surface area (Å²) in [6, 6.07) is 9.36. The Labute approximate surface area is 188 Å². The van der Waals surface area contributed by atoms with E-state index in [1.807, 2.05) is 20.0 Å². The Morgan fingerprint density at radius 2 is 1.84 bits per heavy atom. The van der Waals surface area contributed by atoms with Crippen molar-refractivity contribution in [1.29, 1.82) is 0 Å². The number of pyridine rings is 1. The average molecular weight is 461 g/mol. The number of hydrogen-bond acceptors (Lipinski definition) is 6. The monoisotopic (exact) mass is 460 g/mol. The van der Waals surface area contributed by atoms with Crippen LogP contribution in [0.4, 0.5) is 5.69 Å². The van der Waals surface area contributed by atoms with Crippen molar-refractivity contribution in [3.63, 3.8) is 0 Å². The first kappa shape index (κ1) is 22.3. The van der Waals surface area contributed by atoms with E-state index in [0.29, 0.717) is 18.1 Å². The molecule has 9 heteroatoms. The van der Waals surface area contributed by atoms with Crippen LogP contribution in [0.15, 0.2) is 46.5 Å². The van der Waals surface area contributed by atoms with Crippen LogP contribution in [0.5, 0.6) is 0 Å². The number of carbonyl (C=O) groups is 1. The molecule has 166 valence electrons. The first-order valence-corrected chi connectivity index (χ1v) is 12.9. The van der Waals surface area contributed by atoms with E-state index in [4.69, 9.17) is 0 Å². The number of piperazine rings is 1. The van der Waals surface area contributed by atoms with Gasteiger partial charge in [-0.15, -0.1) is 0 Å². The minimum Gasteiger partial charge on any atom is -0.325 e. The molecular formula is C22H28N4O3S2. The molecule has 4 rings (SSSR count). The number of aromatic nitrogens is 1. The second-order valence-corrected chi connectivity index (χ2v) is 11.4. The van der Waals surface area contributed by atoms with Crippen molar-refractivity contribution in [1.82, 2.24) is 14.2 Å². The molecular weight excluding hydrogens is 432 g/mol. The van der Waals surface area contributed by atoms with E-state index in [2.05, 4.69) is 27.3 Å². The fourth-order valence-corrected chi connectivity index (χ4v) is 6.05. The first-order chi connectivity index (χ1) is 14.8. The zero-order valence-electron chi connectivity index (χ0n) is 17.9. The molecule has 2 aliphatic rings. The summed E-state index contributed by atoms with van der Waals surface area (Å²) in [5.74, 6) is -0.0983. The largest absolute Gasteiger partial charge is 0.325 e.